The van der Waals surface area contributed by atoms with Gasteiger partial charge in [0.25, 0.3) is 0 Å². The van der Waals surface area contributed by atoms with E-state index >= 15 is 0 Å². The second kappa shape index (κ2) is 57.3. The van der Waals surface area contributed by atoms with Crippen LogP contribution in [0.15, 0.2) is 0 Å². The standard InChI is InChI=1S/2C10H23N2O4.2Gd.4NO3/c2*13-7-3-11(4-8-14)1-2-12(5-9-15)6-10-16;;;4*2-1(3)4/h2*13-15H,1-10H2;;;;;;/q2*-1;2*+3;4*-1. The minimum absolute atomic E-state index is 0. The Balaban J connectivity index is -0.0000000800. The van der Waals surface area contributed by atoms with Crippen LogP contribution in [0.3, 0.4) is 0 Å². The Hall–Kier alpha value is -1.03. The summed E-state index contributed by atoms with van der Waals surface area (Å²) in [6.45, 7) is 6.56. The van der Waals surface area contributed by atoms with Crippen LogP contribution >= 0.6 is 0 Å². The van der Waals surface area contributed by atoms with Gasteiger partial charge < -0.3 is 112 Å². The molecular formula is C20H46Gd2N8O20. The summed E-state index contributed by atoms with van der Waals surface area (Å²) in [6, 6.07) is 0. The van der Waals surface area contributed by atoms with Crippen molar-refractivity contribution in [2.75, 3.05) is 131 Å². The van der Waals surface area contributed by atoms with Crippen LogP contribution in [0.4, 0.5) is 0 Å². The SMILES string of the molecule is O=[N+]([O-])[O-].O=[N+]([O-])[O-].O=[N+]([O-])[O-].O=[N+]([O-])[O-].[Gd+3].[Gd+3].[O-]CCN(CCO)CCN(CCO)CCO.[O-]CCN(CCO)CCN(CCO)CCO. The smallest absolute Gasteiger partial charge is 0.854 e. The molecule has 0 rings (SSSR count). The average molecular weight is 1030 g/mol. The van der Waals surface area contributed by atoms with Crippen molar-refractivity contribution in [2.24, 2.45) is 0 Å². The molecule has 0 saturated heterocycles. The molecule has 0 heterocycles. The number of aliphatic hydroxyl groups excluding tert-OH is 6. The van der Waals surface area contributed by atoms with Crippen molar-refractivity contribution in [3.8, 4) is 0 Å². The van der Waals surface area contributed by atoms with Crippen molar-refractivity contribution < 1.29 is 141 Å². The van der Waals surface area contributed by atoms with Crippen LogP contribution in [0, 0.1) is 141 Å². The molecule has 0 saturated carbocycles. The molecule has 0 fully saturated rings. The van der Waals surface area contributed by atoms with Crippen LogP contribution in [0.5, 0.6) is 0 Å². The molecule has 0 aromatic rings. The Morgan fingerprint density at radius 2 is 0.440 bits per heavy atom. The summed E-state index contributed by atoms with van der Waals surface area (Å²) in [6.07, 6.45) is 0. The van der Waals surface area contributed by atoms with Gasteiger partial charge in [-0.15, -0.1) is 13.2 Å². The molecule has 28 nitrogen and oxygen atoms in total. The zero-order valence-corrected chi connectivity index (χ0v) is 31.4. The van der Waals surface area contributed by atoms with E-state index < -0.39 is 20.3 Å². The number of aliphatic hydroxyl groups is 6. The van der Waals surface area contributed by atoms with Crippen molar-refractivity contribution in [2.45, 2.75) is 0 Å². The fourth-order valence-electron chi connectivity index (χ4n) is 3.01. The van der Waals surface area contributed by atoms with E-state index in [9.17, 15) is 10.2 Å². The first-order chi connectivity index (χ1) is 22.5. The van der Waals surface area contributed by atoms with Crippen molar-refractivity contribution in [3.05, 3.63) is 61.3 Å². The third kappa shape index (κ3) is 91.3. The molecule has 0 unspecified atom stereocenters. The van der Waals surface area contributed by atoms with Crippen molar-refractivity contribution in [1.29, 1.82) is 0 Å². The summed E-state index contributed by atoms with van der Waals surface area (Å²) in [7, 11) is 0. The van der Waals surface area contributed by atoms with Gasteiger partial charge in [-0.05, 0) is 13.1 Å². The molecule has 0 aromatic heterocycles. The Morgan fingerprint density at radius 1 is 0.320 bits per heavy atom. The van der Waals surface area contributed by atoms with Gasteiger partial charge in [0, 0.05) is 65.4 Å². The van der Waals surface area contributed by atoms with E-state index in [4.69, 9.17) is 91.9 Å². The molecule has 302 valence electrons. The molecule has 0 amide bonds. The first-order valence-electron chi connectivity index (χ1n) is 13.5. The minimum Gasteiger partial charge on any atom is -0.854 e. The second-order valence-corrected chi connectivity index (χ2v) is 8.01. The van der Waals surface area contributed by atoms with Crippen molar-refractivity contribution in [3.63, 3.8) is 0 Å². The third-order valence-corrected chi connectivity index (χ3v) is 4.78. The summed E-state index contributed by atoms with van der Waals surface area (Å²) in [5.74, 6) is 0. The summed E-state index contributed by atoms with van der Waals surface area (Å²) < 4.78 is 0. The first-order valence-corrected chi connectivity index (χ1v) is 13.5. The maximum absolute atomic E-state index is 10.5. The van der Waals surface area contributed by atoms with E-state index in [1.54, 1.807) is 0 Å². The maximum Gasteiger partial charge on any atom is 3.00 e. The van der Waals surface area contributed by atoms with Gasteiger partial charge in [0.2, 0.25) is 0 Å². The van der Waals surface area contributed by atoms with Crippen LogP contribution in [0.1, 0.15) is 0 Å². The fourth-order valence-corrected chi connectivity index (χ4v) is 3.01. The monoisotopic (exact) mass is 1030 g/mol. The van der Waals surface area contributed by atoms with E-state index in [1.165, 1.54) is 0 Å². The van der Waals surface area contributed by atoms with E-state index in [1.807, 2.05) is 19.6 Å². The normalized spacial score (nSPS) is 9.36. The van der Waals surface area contributed by atoms with E-state index in [0.717, 1.165) is 0 Å². The predicted molar refractivity (Wildman–Crippen MR) is 159 cm³/mol. The van der Waals surface area contributed by atoms with Crippen LogP contribution in [-0.2, 0) is 0 Å². The maximum atomic E-state index is 10.5. The van der Waals surface area contributed by atoms with Crippen LogP contribution in [0.25, 0.3) is 0 Å². The number of hydrogen-bond donors (Lipinski definition) is 6. The Labute approximate surface area is 350 Å². The molecule has 50 heavy (non-hydrogen) atoms. The van der Waals surface area contributed by atoms with E-state index in [2.05, 4.69) is 0 Å². The molecule has 0 aliphatic heterocycles. The largest absolute Gasteiger partial charge is 3.00 e. The fraction of sp³-hybridized carbons (Fsp3) is 1.00. The minimum atomic E-state index is -1.75. The molecule has 0 bridgehead atoms. The molecule has 0 atom stereocenters. The molecule has 0 aliphatic carbocycles. The quantitative estimate of drug-likeness (QED) is 0.0433. The van der Waals surface area contributed by atoms with E-state index in [0.29, 0.717) is 78.5 Å². The zero-order chi connectivity index (χ0) is 38.8. The van der Waals surface area contributed by atoms with Gasteiger partial charge in [-0.2, -0.15) is 0 Å². The van der Waals surface area contributed by atoms with Gasteiger partial charge in [0.1, 0.15) is 0 Å². The number of rotatable bonds is 22. The molecule has 0 spiro atoms. The number of nitrogens with zero attached hydrogens (tertiary/aromatic N) is 8. The first kappa shape index (κ1) is 67.1. The topological polar surface area (TPSA) is 445 Å². The molecule has 0 aromatic carbocycles. The Kier molecular flexibility index (Phi) is 77.0. The van der Waals surface area contributed by atoms with Crippen molar-refractivity contribution in [1.82, 2.24) is 19.6 Å². The summed E-state index contributed by atoms with van der Waals surface area (Å²) in [5.41, 5.74) is 0. The zero-order valence-electron chi connectivity index (χ0n) is 26.8. The Morgan fingerprint density at radius 3 is 0.540 bits per heavy atom. The van der Waals surface area contributed by atoms with Crippen LogP contribution in [0.2, 0.25) is 0 Å². The van der Waals surface area contributed by atoms with E-state index in [-0.39, 0.29) is 133 Å². The third-order valence-electron chi connectivity index (χ3n) is 4.78. The van der Waals surface area contributed by atoms with Gasteiger partial charge >= 0.3 is 79.9 Å². The summed E-state index contributed by atoms with van der Waals surface area (Å²) >= 11 is 0. The average Bonchev–Trinajstić information content (AvgIpc) is 2.94. The predicted octanol–water partition coefficient (Wildman–Crippen LogP) is -7.10. The molecule has 2 radical (unpaired) electrons. The Bertz CT molecular complexity index is 566. The molecular weight excluding hydrogens is 987 g/mol. The van der Waals surface area contributed by atoms with Crippen LogP contribution in [-0.4, -0.2) is 202 Å². The summed E-state index contributed by atoms with van der Waals surface area (Å²) in [4.78, 5) is 40.6. The van der Waals surface area contributed by atoms with Crippen molar-refractivity contribution >= 4 is 0 Å². The summed E-state index contributed by atoms with van der Waals surface area (Å²) in [5, 5.41) is 133. The molecule has 0 aliphatic rings. The molecule has 30 heteroatoms. The molecule has 6 N–H and O–H groups in total. The van der Waals surface area contributed by atoms with Gasteiger partial charge in [0.15, 0.2) is 0 Å². The van der Waals surface area contributed by atoms with Crippen LogP contribution < -0.4 is 10.2 Å². The van der Waals surface area contributed by atoms with Gasteiger partial charge in [-0.3, -0.25) is 9.80 Å². The van der Waals surface area contributed by atoms with Gasteiger partial charge in [-0.1, -0.05) is 0 Å². The van der Waals surface area contributed by atoms with Gasteiger partial charge in [-0.25, -0.2) is 0 Å². The number of hydrogen-bond acceptors (Lipinski definition) is 24. The second-order valence-electron chi connectivity index (χ2n) is 8.01. The van der Waals surface area contributed by atoms with Gasteiger partial charge in [0.05, 0.1) is 60.0 Å².